The van der Waals surface area contributed by atoms with Gasteiger partial charge in [0.2, 0.25) is 5.11 Å². The average molecular weight is 216 g/mol. The minimum atomic E-state index is 0.156. The van der Waals surface area contributed by atoms with Crippen LogP contribution < -0.4 is 16.7 Å². The lowest BCUT2D eigenvalue weighted by Gasteiger charge is -2.21. The SMILES string of the molecule is NNC(=S)N/N=C1/CCCCC1CO. The molecule has 0 aromatic rings. The van der Waals surface area contributed by atoms with Crippen molar-refractivity contribution in [1.29, 1.82) is 0 Å². The number of rotatable bonds is 2. The summed E-state index contributed by atoms with van der Waals surface area (Å²) in [5.74, 6) is 5.26. The van der Waals surface area contributed by atoms with E-state index in [4.69, 9.17) is 23.2 Å². The summed E-state index contributed by atoms with van der Waals surface area (Å²) in [4.78, 5) is 0. The van der Waals surface area contributed by atoms with Crippen LogP contribution >= 0.6 is 12.2 Å². The molecule has 1 saturated carbocycles. The number of nitrogens with two attached hydrogens (primary N) is 1. The number of nitrogens with one attached hydrogen (secondary N) is 2. The second kappa shape index (κ2) is 5.90. The van der Waals surface area contributed by atoms with Crippen LogP contribution in [0.15, 0.2) is 5.10 Å². The summed E-state index contributed by atoms with van der Waals surface area (Å²) in [6.07, 6.45) is 4.20. The Morgan fingerprint density at radius 3 is 3.07 bits per heavy atom. The monoisotopic (exact) mass is 216 g/mol. The fourth-order valence-electron chi connectivity index (χ4n) is 1.57. The fourth-order valence-corrected chi connectivity index (χ4v) is 1.61. The van der Waals surface area contributed by atoms with Gasteiger partial charge in [-0.2, -0.15) is 5.10 Å². The van der Waals surface area contributed by atoms with Crippen molar-refractivity contribution >= 4 is 23.0 Å². The number of hydrazine groups is 1. The first kappa shape index (κ1) is 11.4. The highest BCUT2D eigenvalue weighted by Crippen LogP contribution is 2.20. The molecule has 0 radical (unpaired) electrons. The highest BCUT2D eigenvalue weighted by Gasteiger charge is 2.19. The van der Waals surface area contributed by atoms with Crippen molar-refractivity contribution in [2.24, 2.45) is 16.9 Å². The van der Waals surface area contributed by atoms with Gasteiger partial charge in [0.05, 0.1) is 6.61 Å². The summed E-state index contributed by atoms with van der Waals surface area (Å²) < 4.78 is 0. The van der Waals surface area contributed by atoms with Crippen LogP contribution in [0.2, 0.25) is 0 Å². The van der Waals surface area contributed by atoms with Gasteiger partial charge in [-0.15, -0.1) is 0 Å². The molecule has 80 valence electrons. The molecule has 0 bridgehead atoms. The predicted octanol–water partition coefficient (Wildman–Crippen LogP) is -0.137. The molecule has 5 nitrogen and oxygen atoms in total. The Labute approximate surface area is 88.7 Å². The molecular formula is C8H16N4OS. The lowest BCUT2D eigenvalue weighted by atomic mass is 9.88. The zero-order chi connectivity index (χ0) is 10.4. The molecule has 5 N–H and O–H groups in total. The smallest absolute Gasteiger partial charge is 0.201 e. The van der Waals surface area contributed by atoms with E-state index in [0.717, 1.165) is 31.4 Å². The molecule has 14 heavy (non-hydrogen) atoms. The number of nitrogens with zero attached hydrogens (tertiary/aromatic N) is 1. The first-order valence-electron chi connectivity index (χ1n) is 4.71. The molecule has 1 aliphatic rings. The van der Waals surface area contributed by atoms with E-state index in [1.807, 2.05) is 0 Å². The molecule has 0 amide bonds. The number of thiocarbonyl (C=S) groups is 1. The van der Waals surface area contributed by atoms with Crippen molar-refractivity contribution in [2.45, 2.75) is 25.7 Å². The highest BCUT2D eigenvalue weighted by atomic mass is 32.1. The van der Waals surface area contributed by atoms with Crippen molar-refractivity contribution < 1.29 is 5.11 Å². The van der Waals surface area contributed by atoms with E-state index in [0.29, 0.717) is 5.11 Å². The van der Waals surface area contributed by atoms with Crippen molar-refractivity contribution in [3.63, 3.8) is 0 Å². The summed E-state index contributed by atoms with van der Waals surface area (Å²) in [5.41, 5.74) is 5.91. The predicted molar refractivity (Wildman–Crippen MR) is 59.5 cm³/mol. The third-order valence-corrected chi connectivity index (χ3v) is 2.57. The van der Waals surface area contributed by atoms with Gasteiger partial charge in [-0.3, -0.25) is 10.9 Å². The second-order valence-corrected chi connectivity index (χ2v) is 3.72. The molecule has 1 fully saturated rings. The van der Waals surface area contributed by atoms with E-state index in [-0.39, 0.29) is 12.5 Å². The fraction of sp³-hybridized carbons (Fsp3) is 0.750. The van der Waals surface area contributed by atoms with Crippen LogP contribution in [-0.4, -0.2) is 22.5 Å². The molecule has 1 aliphatic carbocycles. The molecule has 0 heterocycles. The Hall–Kier alpha value is -0.720. The van der Waals surface area contributed by atoms with Crippen molar-refractivity contribution in [3.8, 4) is 0 Å². The van der Waals surface area contributed by atoms with Crippen LogP contribution in [0.3, 0.4) is 0 Å². The minimum absolute atomic E-state index is 0.156. The zero-order valence-electron chi connectivity index (χ0n) is 7.99. The number of hydrogen-bond acceptors (Lipinski definition) is 4. The van der Waals surface area contributed by atoms with Gasteiger partial charge in [-0.05, 0) is 31.5 Å². The van der Waals surface area contributed by atoms with Crippen molar-refractivity contribution in [3.05, 3.63) is 0 Å². The van der Waals surface area contributed by atoms with Crippen molar-refractivity contribution in [1.82, 2.24) is 10.9 Å². The van der Waals surface area contributed by atoms with Gasteiger partial charge in [0.15, 0.2) is 0 Å². The third kappa shape index (κ3) is 3.21. The average Bonchev–Trinajstić information content (AvgIpc) is 2.26. The van der Waals surface area contributed by atoms with E-state index in [9.17, 15) is 0 Å². The quantitative estimate of drug-likeness (QED) is 0.293. The lowest BCUT2D eigenvalue weighted by Crippen LogP contribution is -2.38. The van der Waals surface area contributed by atoms with Gasteiger partial charge in [0, 0.05) is 11.6 Å². The van der Waals surface area contributed by atoms with Crippen molar-refractivity contribution in [2.75, 3.05) is 6.61 Å². The van der Waals surface area contributed by atoms with Gasteiger partial charge < -0.3 is 5.11 Å². The Morgan fingerprint density at radius 1 is 1.64 bits per heavy atom. The summed E-state index contributed by atoms with van der Waals surface area (Å²) in [7, 11) is 0. The largest absolute Gasteiger partial charge is 0.396 e. The molecule has 0 aromatic carbocycles. The number of aliphatic hydroxyl groups is 1. The third-order valence-electron chi connectivity index (χ3n) is 2.36. The number of hydrazone groups is 1. The maximum Gasteiger partial charge on any atom is 0.201 e. The van der Waals surface area contributed by atoms with E-state index in [1.54, 1.807) is 0 Å². The van der Waals surface area contributed by atoms with Gasteiger partial charge in [0.1, 0.15) is 0 Å². The van der Waals surface area contributed by atoms with Gasteiger partial charge in [-0.1, -0.05) is 6.42 Å². The number of hydrogen-bond donors (Lipinski definition) is 4. The maximum absolute atomic E-state index is 9.10. The molecule has 0 aromatic heterocycles. The van der Waals surface area contributed by atoms with Crippen LogP contribution in [0.5, 0.6) is 0 Å². The van der Waals surface area contributed by atoms with E-state index >= 15 is 0 Å². The van der Waals surface area contributed by atoms with Crippen LogP contribution in [0.4, 0.5) is 0 Å². The van der Waals surface area contributed by atoms with E-state index in [2.05, 4.69) is 16.0 Å². The highest BCUT2D eigenvalue weighted by molar-refractivity contribution is 7.80. The van der Waals surface area contributed by atoms with Gasteiger partial charge >= 0.3 is 0 Å². The molecule has 0 spiro atoms. The van der Waals surface area contributed by atoms with Gasteiger partial charge in [0.25, 0.3) is 0 Å². The minimum Gasteiger partial charge on any atom is -0.396 e. The Bertz CT molecular complexity index is 231. The zero-order valence-corrected chi connectivity index (χ0v) is 8.81. The number of aliphatic hydroxyl groups excluding tert-OH is 1. The standard InChI is InChI=1S/C8H16N4OS/c9-10-8(14)12-11-7-4-2-1-3-6(7)5-13/h6,13H,1-5,9H2,(H2,10,12,14)/b11-7-. The summed E-state index contributed by atoms with van der Waals surface area (Å²) in [6.45, 7) is 0.156. The van der Waals surface area contributed by atoms with Crippen LogP contribution in [0.1, 0.15) is 25.7 Å². The molecule has 1 rings (SSSR count). The second-order valence-electron chi connectivity index (χ2n) is 3.31. The van der Waals surface area contributed by atoms with Crippen LogP contribution in [0.25, 0.3) is 0 Å². The Kier molecular flexibility index (Phi) is 4.78. The lowest BCUT2D eigenvalue weighted by molar-refractivity contribution is 0.246. The molecule has 1 unspecified atom stereocenters. The van der Waals surface area contributed by atoms with Crippen LogP contribution in [-0.2, 0) is 0 Å². The molecule has 1 atom stereocenters. The first-order valence-corrected chi connectivity index (χ1v) is 5.12. The topological polar surface area (TPSA) is 82.7 Å². The van der Waals surface area contributed by atoms with Gasteiger partial charge in [-0.25, -0.2) is 5.84 Å². The molecular weight excluding hydrogens is 200 g/mol. The molecule has 6 heteroatoms. The normalized spacial score (nSPS) is 24.7. The first-order chi connectivity index (χ1) is 6.77. The molecule has 0 aliphatic heterocycles. The summed E-state index contributed by atoms with van der Waals surface area (Å²) >= 11 is 4.78. The Morgan fingerprint density at radius 2 is 2.43 bits per heavy atom. The molecule has 0 saturated heterocycles. The Balaban J connectivity index is 2.50. The van der Waals surface area contributed by atoms with E-state index in [1.165, 1.54) is 0 Å². The summed E-state index contributed by atoms with van der Waals surface area (Å²) in [6, 6.07) is 0. The summed E-state index contributed by atoms with van der Waals surface area (Å²) in [5, 5.41) is 13.5. The van der Waals surface area contributed by atoms with Crippen LogP contribution in [0, 0.1) is 5.92 Å². The maximum atomic E-state index is 9.10. The van der Waals surface area contributed by atoms with E-state index < -0.39 is 0 Å².